The maximum atomic E-state index is 12.5. The first-order valence-corrected chi connectivity index (χ1v) is 10.9. The van der Waals surface area contributed by atoms with Crippen LogP contribution >= 0.6 is 0 Å². The van der Waals surface area contributed by atoms with E-state index in [4.69, 9.17) is 4.74 Å². The number of esters is 1. The van der Waals surface area contributed by atoms with Crippen LogP contribution in [0.4, 0.5) is 5.69 Å². The summed E-state index contributed by atoms with van der Waals surface area (Å²) in [4.78, 5) is 38.7. The Morgan fingerprint density at radius 3 is 2.32 bits per heavy atom. The summed E-state index contributed by atoms with van der Waals surface area (Å²) >= 11 is 0. The van der Waals surface area contributed by atoms with Gasteiger partial charge in [0.2, 0.25) is 0 Å². The van der Waals surface area contributed by atoms with Crippen LogP contribution in [0.3, 0.4) is 0 Å². The maximum Gasteiger partial charge on any atom is 0.338 e. The minimum atomic E-state index is -0.672. The molecular weight excluding hydrogens is 396 g/mol. The molecule has 31 heavy (non-hydrogen) atoms. The van der Waals surface area contributed by atoms with Gasteiger partial charge in [-0.25, -0.2) is 4.79 Å². The lowest BCUT2D eigenvalue weighted by Gasteiger charge is -2.31. The first kappa shape index (κ1) is 21.1. The molecule has 4 rings (SSSR count). The highest BCUT2D eigenvalue weighted by Gasteiger charge is 2.28. The summed E-state index contributed by atoms with van der Waals surface area (Å²) in [5.41, 5.74) is 2.01. The van der Waals surface area contributed by atoms with Crippen LogP contribution in [0, 0.1) is 6.92 Å². The van der Waals surface area contributed by atoms with Gasteiger partial charge in [0.05, 0.1) is 17.8 Å². The second-order valence-corrected chi connectivity index (χ2v) is 8.36. The van der Waals surface area contributed by atoms with E-state index in [1.165, 1.54) is 0 Å². The van der Waals surface area contributed by atoms with Crippen molar-refractivity contribution in [2.24, 2.45) is 0 Å². The molecule has 2 fully saturated rings. The third kappa shape index (κ3) is 5.13. The van der Waals surface area contributed by atoms with Crippen molar-refractivity contribution >= 4 is 23.5 Å². The zero-order valence-electron chi connectivity index (χ0n) is 17.8. The van der Waals surface area contributed by atoms with E-state index in [0.29, 0.717) is 24.3 Å². The number of hydrogen-bond acceptors (Lipinski definition) is 5. The number of anilines is 1. The molecule has 0 spiro atoms. The van der Waals surface area contributed by atoms with Crippen molar-refractivity contribution in [1.29, 1.82) is 0 Å². The van der Waals surface area contributed by atoms with Gasteiger partial charge in [0, 0.05) is 25.0 Å². The summed E-state index contributed by atoms with van der Waals surface area (Å²) in [6, 6.07) is 6.69. The van der Waals surface area contributed by atoms with Crippen molar-refractivity contribution in [3.05, 3.63) is 47.8 Å². The van der Waals surface area contributed by atoms with Gasteiger partial charge in [-0.1, -0.05) is 0 Å². The normalized spacial score (nSPS) is 17.5. The smallest absolute Gasteiger partial charge is 0.338 e. The predicted molar refractivity (Wildman–Crippen MR) is 115 cm³/mol. The Bertz CT molecular complexity index is 939. The molecule has 1 aliphatic heterocycles. The number of carbonyl (C=O) groups is 3. The number of rotatable bonds is 4. The van der Waals surface area contributed by atoms with Crippen LogP contribution in [0.5, 0.6) is 0 Å². The van der Waals surface area contributed by atoms with Gasteiger partial charge in [0.1, 0.15) is 6.10 Å². The number of ether oxygens (including phenoxy) is 1. The second-order valence-electron chi connectivity index (χ2n) is 8.36. The lowest BCUT2D eigenvalue weighted by atomic mass is 10.1. The minimum absolute atomic E-state index is 0.00552. The highest BCUT2D eigenvalue weighted by Crippen LogP contribution is 2.23. The lowest BCUT2D eigenvalue weighted by Crippen LogP contribution is -2.44. The molecule has 0 bridgehead atoms. The Balaban J connectivity index is 1.27. The van der Waals surface area contributed by atoms with Crippen LogP contribution in [0.25, 0.3) is 0 Å². The Morgan fingerprint density at radius 2 is 1.71 bits per heavy atom. The van der Waals surface area contributed by atoms with Crippen LogP contribution in [-0.2, 0) is 14.3 Å². The molecule has 0 atom stereocenters. The van der Waals surface area contributed by atoms with Crippen LogP contribution in [0.2, 0.25) is 0 Å². The monoisotopic (exact) mass is 424 g/mol. The minimum Gasteiger partial charge on any atom is -0.459 e. The van der Waals surface area contributed by atoms with E-state index < -0.39 is 11.8 Å². The van der Waals surface area contributed by atoms with Crippen molar-refractivity contribution in [1.82, 2.24) is 14.7 Å². The van der Waals surface area contributed by atoms with Gasteiger partial charge in [0.15, 0.2) is 0 Å². The third-order valence-corrected chi connectivity index (χ3v) is 6.01. The fraction of sp³-hybridized carbons (Fsp3) is 0.478. The maximum absolute atomic E-state index is 12.5. The molecule has 1 aliphatic carbocycles. The Labute approximate surface area is 181 Å². The number of nitrogens with one attached hydrogen (secondary N) is 1. The number of nitrogens with zero attached hydrogens (tertiary/aromatic N) is 3. The van der Waals surface area contributed by atoms with Gasteiger partial charge in [-0.3, -0.25) is 14.3 Å². The summed E-state index contributed by atoms with van der Waals surface area (Å²) in [7, 11) is 0. The second kappa shape index (κ2) is 9.32. The van der Waals surface area contributed by atoms with Gasteiger partial charge in [0.25, 0.3) is 0 Å². The number of amides is 2. The van der Waals surface area contributed by atoms with Crippen LogP contribution < -0.4 is 5.32 Å². The molecule has 164 valence electrons. The molecule has 1 saturated carbocycles. The SMILES string of the molecule is Cc1cnn(C2CCN(C(=O)C(=O)Nc3ccc(C(=O)OC4CCCC4)cc3)CC2)c1. The lowest BCUT2D eigenvalue weighted by molar-refractivity contribution is -0.144. The standard InChI is InChI=1S/C23H28N4O4/c1-16-14-24-27(15-16)19-10-12-26(13-11-19)22(29)21(28)25-18-8-6-17(7-9-18)23(30)31-20-4-2-3-5-20/h6-9,14-15,19-20H,2-5,10-13H2,1H3,(H,25,28). The zero-order valence-corrected chi connectivity index (χ0v) is 17.8. The molecule has 8 heteroatoms. The van der Waals surface area contributed by atoms with Crippen molar-refractivity contribution in [3.63, 3.8) is 0 Å². The van der Waals surface area contributed by atoms with Gasteiger partial charge >= 0.3 is 17.8 Å². The van der Waals surface area contributed by atoms with Crippen molar-refractivity contribution in [3.8, 4) is 0 Å². The molecule has 2 aromatic rings. The quantitative estimate of drug-likeness (QED) is 0.601. The average molecular weight is 425 g/mol. The number of piperidine rings is 1. The van der Waals surface area contributed by atoms with E-state index in [2.05, 4.69) is 10.4 Å². The van der Waals surface area contributed by atoms with Gasteiger partial charge < -0.3 is 15.0 Å². The number of aryl methyl sites for hydroxylation is 1. The van der Waals surface area contributed by atoms with Crippen molar-refractivity contribution < 1.29 is 19.1 Å². The van der Waals surface area contributed by atoms with Crippen molar-refractivity contribution in [2.45, 2.75) is 57.6 Å². The molecule has 1 saturated heterocycles. The topological polar surface area (TPSA) is 93.5 Å². The van der Waals surface area contributed by atoms with Gasteiger partial charge in [-0.2, -0.15) is 5.10 Å². The van der Waals surface area contributed by atoms with Crippen molar-refractivity contribution in [2.75, 3.05) is 18.4 Å². The fourth-order valence-electron chi connectivity index (χ4n) is 4.21. The van der Waals surface area contributed by atoms with E-state index in [1.54, 1.807) is 29.2 Å². The highest BCUT2D eigenvalue weighted by molar-refractivity contribution is 6.39. The molecule has 2 aliphatic rings. The molecular formula is C23H28N4O4. The Kier molecular flexibility index (Phi) is 6.34. The van der Waals surface area contributed by atoms with Crippen LogP contribution in [0.1, 0.15) is 60.5 Å². The van der Waals surface area contributed by atoms with E-state index >= 15 is 0 Å². The number of hydrogen-bond donors (Lipinski definition) is 1. The molecule has 8 nitrogen and oxygen atoms in total. The zero-order chi connectivity index (χ0) is 21.8. The Morgan fingerprint density at radius 1 is 1.03 bits per heavy atom. The summed E-state index contributed by atoms with van der Waals surface area (Å²) in [5.74, 6) is -1.56. The number of benzene rings is 1. The molecule has 0 radical (unpaired) electrons. The molecule has 2 heterocycles. The van der Waals surface area contributed by atoms with E-state index in [-0.39, 0.29) is 18.1 Å². The summed E-state index contributed by atoms with van der Waals surface area (Å²) in [5, 5.41) is 6.97. The van der Waals surface area contributed by atoms with Gasteiger partial charge in [-0.15, -0.1) is 0 Å². The summed E-state index contributed by atoms with van der Waals surface area (Å²) in [6.45, 7) is 3.03. The largest absolute Gasteiger partial charge is 0.459 e. The van der Waals surface area contributed by atoms with E-state index in [1.807, 2.05) is 24.0 Å². The summed E-state index contributed by atoms with van der Waals surface area (Å²) < 4.78 is 7.43. The fourth-order valence-corrected chi connectivity index (χ4v) is 4.21. The molecule has 2 amide bonds. The highest BCUT2D eigenvalue weighted by atomic mass is 16.5. The molecule has 0 unspecified atom stereocenters. The molecule has 1 aromatic heterocycles. The predicted octanol–water partition coefficient (Wildman–Crippen LogP) is 3.09. The molecule has 1 aromatic carbocycles. The summed E-state index contributed by atoms with van der Waals surface area (Å²) in [6.07, 6.45) is 9.38. The first-order valence-electron chi connectivity index (χ1n) is 10.9. The van der Waals surface area contributed by atoms with E-state index in [0.717, 1.165) is 44.1 Å². The van der Waals surface area contributed by atoms with Gasteiger partial charge in [-0.05, 0) is 75.3 Å². The van der Waals surface area contributed by atoms with Crippen LogP contribution in [0.15, 0.2) is 36.7 Å². The third-order valence-electron chi connectivity index (χ3n) is 6.01. The first-order chi connectivity index (χ1) is 15.0. The molecule has 1 N–H and O–H groups in total. The number of likely N-dealkylation sites (tertiary alicyclic amines) is 1. The Hall–Kier alpha value is -3.16. The average Bonchev–Trinajstić information content (AvgIpc) is 3.45. The van der Waals surface area contributed by atoms with E-state index in [9.17, 15) is 14.4 Å². The number of carbonyl (C=O) groups excluding carboxylic acids is 3. The van der Waals surface area contributed by atoms with Crippen LogP contribution in [-0.4, -0.2) is 51.7 Å². The number of aromatic nitrogens is 2.